The van der Waals surface area contributed by atoms with Crippen LogP contribution >= 0.6 is 0 Å². The first kappa shape index (κ1) is 44.9. The van der Waals surface area contributed by atoms with Crippen molar-refractivity contribution in [2.75, 3.05) is 0 Å². The van der Waals surface area contributed by atoms with Crippen LogP contribution in [0.4, 0.5) is 0 Å². The highest BCUT2D eigenvalue weighted by Crippen LogP contribution is 2.19. The van der Waals surface area contributed by atoms with Gasteiger partial charge in [-0.15, -0.1) is 0 Å². The number of ether oxygens (including phenoxy) is 1. The quantitative estimate of drug-likeness (QED) is 0.0531. The van der Waals surface area contributed by atoms with Gasteiger partial charge in [0.2, 0.25) is 0 Å². The summed E-state index contributed by atoms with van der Waals surface area (Å²) < 4.78 is 5.98. The molecule has 1 atom stereocenters. The first-order chi connectivity index (χ1) is 22.6. The van der Waals surface area contributed by atoms with Gasteiger partial charge in [-0.05, 0) is 38.5 Å². The van der Waals surface area contributed by atoms with Gasteiger partial charge >= 0.3 is 11.9 Å². The molecule has 1 unspecified atom stereocenters. The van der Waals surface area contributed by atoms with E-state index in [-0.39, 0.29) is 18.5 Å². The highest BCUT2D eigenvalue weighted by Gasteiger charge is 2.14. The Bertz CT molecular complexity index is 619. The fourth-order valence-electron chi connectivity index (χ4n) is 6.72. The average Bonchev–Trinajstić information content (AvgIpc) is 3.04. The molecule has 0 spiro atoms. The van der Waals surface area contributed by atoms with Crippen molar-refractivity contribution in [1.29, 1.82) is 0 Å². The van der Waals surface area contributed by atoms with Crippen molar-refractivity contribution in [3.05, 3.63) is 0 Å². The Morgan fingerprint density at radius 3 is 0.957 bits per heavy atom. The molecule has 1 N–H and O–H groups in total. The molecule has 0 aliphatic rings. The van der Waals surface area contributed by atoms with Gasteiger partial charge < -0.3 is 9.84 Å². The summed E-state index contributed by atoms with van der Waals surface area (Å²) in [6, 6.07) is 0. The molecule has 0 fully saturated rings. The second kappa shape index (κ2) is 38.4. The van der Waals surface area contributed by atoms with Gasteiger partial charge in [-0.25, -0.2) is 0 Å². The molecule has 0 heterocycles. The molecular formula is C42H82O4. The molecule has 4 heteroatoms. The van der Waals surface area contributed by atoms with Crippen LogP contribution in [0, 0.1) is 0 Å². The topological polar surface area (TPSA) is 63.6 Å². The minimum atomic E-state index is -0.697. The third-order valence-electron chi connectivity index (χ3n) is 9.83. The fourth-order valence-corrected chi connectivity index (χ4v) is 6.72. The van der Waals surface area contributed by atoms with Gasteiger partial charge in [-0.2, -0.15) is 0 Å². The van der Waals surface area contributed by atoms with Crippen LogP contribution in [-0.2, 0) is 14.3 Å². The molecule has 0 saturated heterocycles. The summed E-state index contributed by atoms with van der Waals surface area (Å²) in [5, 5.41) is 8.80. The van der Waals surface area contributed by atoms with Crippen LogP contribution in [0.2, 0.25) is 0 Å². The van der Waals surface area contributed by atoms with E-state index < -0.39 is 5.97 Å². The number of unbranched alkanes of at least 4 members (excludes halogenated alkanes) is 30. The van der Waals surface area contributed by atoms with Gasteiger partial charge in [0.15, 0.2) is 0 Å². The Kier molecular flexibility index (Phi) is 37.5. The number of hydrogen-bond donors (Lipinski definition) is 1. The number of rotatable bonds is 39. The van der Waals surface area contributed by atoms with E-state index in [0.29, 0.717) is 6.42 Å². The summed E-state index contributed by atoms with van der Waals surface area (Å²) in [5.41, 5.74) is 0. The van der Waals surface area contributed by atoms with Crippen LogP contribution in [0.1, 0.15) is 251 Å². The van der Waals surface area contributed by atoms with Crippen LogP contribution in [0.15, 0.2) is 0 Å². The Morgan fingerprint density at radius 2 is 0.652 bits per heavy atom. The number of aliphatic carboxylic acids is 1. The summed E-state index contributed by atoms with van der Waals surface area (Å²) in [7, 11) is 0. The van der Waals surface area contributed by atoms with Crippen molar-refractivity contribution in [3.8, 4) is 0 Å². The number of carboxylic acids is 1. The maximum absolute atomic E-state index is 12.6. The van der Waals surface area contributed by atoms with Crippen molar-refractivity contribution in [2.24, 2.45) is 0 Å². The van der Waals surface area contributed by atoms with E-state index in [1.165, 1.54) is 161 Å². The maximum Gasteiger partial charge on any atom is 0.306 e. The molecule has 0 bridgehead atoms. The largest absolute Gasteiger partial charge is 0.481 e. The molecule has 274 valence electrons. The maximum atomic E-state index is 12.6. The summed E-state index contributed by atoms with van der Waals surface area (Å²) in [6.07, 6.45) is 45.7. The van der Waals surface area contributed by atoms with Gasteiger partial charge in [0.1, 0.15) is 6.10 Å². The van der Waals surface area contributed by atoms with E-state index in [1.807, 2.05) is 0 Å². The van der Waals surface area contributed by atoms with E-state index in [1.54, 1.807) is 0 Å². The normalized spacial score (nSPS) is 12.0. The van der Waals surface area contributed by atoms with E-state index in [4.69, 9.17) is 9.84 Å². The number of carboxylic acid groups (broad SMARTS) is 1. The molecule has 0 amide bonds. The summed E-state index contributed by atoms with van der Waals surface area (Å²) in [4.78, 5) is 23.3. The minimum absolute atomic E-state index is 0.00667. The lowest BCUT2D eigenvalue weighted by molar-refractivity contribution is -0.150. The molecule has 0 aromatic rings. The molecule has 0 saturated carbocycles. The predicted molar refractivity (Wildman–Crippen MR) is 200 cm³/mol. The van der Waals surface area contributed by atoms with Crippen molar-refractivity contribution in [2.45, 2.75) is 258 Å². The SMILES string of the molecule is CCCCCCCCCCCCCCCCCCCCCCCC(=O)OC(CCCCCCCCC)CCCCCCCC(=O)O. The van der Waals surface area contributed by atoms with Crippen molar-refractivity contribution in [1.82, 2.24) is 0 Å². The zero-order valence-corrected chi connectivity index (χ0v) is 31.4. The molecule has 0 radical (unpaired) electrons. The van der Waals surface area contributed by atoms with Crippen molar-refractivity contribution in [3.63, 3.8) is 0 Å². The molecule has 0 aromatic carbocycles. The highest BCUT2D eigenvalue weighted by molar-refractivity contribution is 5.69. The number of carbonyl (C=O) groups is 2. The third kappa shape index (κ3) is 37.4. The summed E-state index contributed by atoms with van der Waals surface area (Å²) in [6.45, 7) is 4.55. The van der Waals surface area contributed by atoms with E-state index in [2.05, 4.69) is 13.8 Å². The van der Waals surface area contributed by atoms with Crippen LogP contribution in [0.25, 0.3) is 0 Å². The van der Waals surface area contributed by atoms with Crippen LogP contribution in [0.3, 0.4) is 0 Å². The van der Waals surface area contributed by atoms with Gasteiger partial charge in [0.25, 0.3) is 0 Å². The highest BCUT2D eigenvalue weighted by atomic mass is 16.5. The second-order valence-corrected chi connectivity index (χ2v) is 14.5. The first-order valence-corrected chi connectivity index (χ1v) is 21.0. The molecule has 4 nitrogen and oxygen atoms in total. The lowest BCUT2D eigenvalue weighted by Gasteiger charge is -2.18. The molecule has 0 aliphatic heterocycles. The molecule has 0 aromatic heterocycles. The van der Waals surface area contributed by atoms with Crippen LogP contribution in [-0.4, -0.2) is 23.1 Å². The number of esters is 1. The molecule has 46 heavy (non-hydrogen) atoms. The minimum Gasteiger partial charge on any atom is -0.481 e. The van der Waals surface area contributed by atoms with Crippen molar-refractivity contribution >= 4 is 11.9 Å². The number of hydrogen-bond acceptors (Lipinski definition) is 3. The average molecular weight is 651 g/mol. The Morgan fingerprint density at radius 1 is 0.391 bits per heavy atom. The van der Waals surface area contributed by atoms with Crippen LogP contribution in [0.5, 0.6) is 0 Å². The molecule has 0 rings (SSSR count). The van der Waals surface area contributed by atoms with E-state index >= 15 is 0 Å². The smallest absolute Gasteiger partial charge is 0.306 e. The Balaban J connectivity index is 3.74. The standard InChI is InChI=1S/C42H82O4/c1-3-5-7-9-11-12-13-14-15-16-17-18-19-20-21-22-23-24-26-31-35-39-42(45)46-40(36-32-28-25-10-8-6-4-2)37-33-29-27-30-34-38-41(43)44/h40H,3-39H2,1-2H3,(H,43,44). The first-order valence-electron chi connectivity index (χ1n) is 21.0. The van der Waals surface area contributed by atoms with Gasteiger partial charge in [0, 0.05) is 12.8 Å². The third-order valence-corrected chi connectivity index (χ3v) is 9.83. The fraction of sp³-hybridized carbons (Fsp3) is 0.952. The van der Waals surface area contributed by atoms with Gasteiger partial charge in [0.05, 0.1) is 0 Å². The zero-order valence-electron chi connectivity index (χ0n) is 31.4. The van der Waals surface area contributed by atoms with Gasteiger partial charge in [-0.3, -0.25) is 9.59 Å². The Labute approximate surface area is 288 Å². The van der Waals surface area contributed by atoms with Crippen molar-refractivity contribution < 1.29 is 19.4 Å². The Hall–Kier alpha value is -1.06. The van der Waals surface area contributed by atoms with Crippen LogP contribution < -0.4 is 0 Å². The lowest BCUT2D eigenvalue weighted by Crippen LogP contribution is -2.18. The second-order valence-electron chi connectivity index (χ2n) is 14.5. The zero-order chi connectivity index (χ0) is 33.6. The monoisotopic (exact) mass is 651 g/mol. The number of carbonyl (C=O) groups excluding carboxylic acids is 1. The molecule has 0 aliphatic carbocycles. The van der Waals surface area contributed by atoms with E-state index in [9.17, 15) is 9.59 Å². The molecular weight excluding hydrogens is 568 g/mol. The summed E-state index contributed by atoms with van der Waals surface area (Å²) in [5.74, 6) is -0.690. The predicted octanol–water partition coefficient (Wildman–Crippen LogP) is 14.5. The van der Waals surface area contributed by atoms with E-state index in [0.717, 1.165) is 64.2 Å². The lowest BCUT2D eigenvalue weighted by atomic mass is 10.0. The summed E-state index contributed by atoms with van der Waals surface area (Å²) >= 11 is 0. The van der Waals surface area contributed by atoms with Gasteiger partial charge in [-0.1, -0.05) is 200 Å².